The van der Waals surface area contributed by atoms with Gasteiger partial charge in [-0.1, -0.05) is 6.42 Å². The number of carbonyl (C=O) groups excluding carboxylic acids is 2. The molecule has 0 saturated carbocycles. The molecule has 2 fully saturated rings. The van der Waals surface area contributed by atoms with Gasteiger partial charge in [0.1, 0.15) is 0 Å². The van der Waals surface area contributed by atoms with Crippen LogP contribution in [0.1, 0.15) is 40.2 Å². The van der Waals surface area contributed by atoms with E-state index in [2.05, 4.69) is 4.90 Å². The zero-order valence-electron chi connectivity index (χ0n) is 16.8. The number of hydrogen-bond acceptors (Lipinski definition) is 4. The quantitative estimate of drug-likeness (QED) is 0.774. The molecule has 27 heavy (non-hydrogen) atoms. The van der Waals surface area contributed by atoms with Crippen molar-refractivity contribution in [3.05, 3.63) is 21.9 Å². The van der Waals surface area contributed by atoms with Crippen molar-refractivity contribution in [2.75, 3.05) is 53.4 Å². The molecule has 0 radical (unpaired) electrons. The molecule has 0 bridgehead atoms. The highest BCUT2D eigenvalue weighted by Gasteiger charge is 2.34. The summed E-state index contributed by atoms with van der Waals surface area (Å²) in [6.45, 7) is 7.31. The first kappa shape index (κ1) is 20.1. The topological polar surface area (TPSA) is 47.1 Å². The molecule has 3 amide bonds. The number of piperidine rings is 1. The zero-order valence-corrected chi connectivity index (χ0v) is 17.6. The summed E-state index contributed by atoms with van der Waals surface area (Å²) in [5.74, 6) is 0.101. The van der Waals surface area contributed by atoms with Gasteiger partial charge in [-0.3, -0.25) is 4.79 Å². The standard InChI is InChI=1S/C20H32N4O2S/c1-16-7-8-18(27-16)19(25)23-12-9-17(15-23)24(20(26)21(2)3)14-13-22-10-5-4-6-11-22/h7-8,17H,4-6,9-15H2,1-3H3. The number of nitrogens with zero attached hydrogens (tertiary/aromatic N) is 4. The van der Waals surface area contributed by atoms with Gasteiger partial charge in [0.25, 0.3) is 5.91 Å². The van der Waals surface area contributed by atoms with Crippen LogP contribution in [-0.2, 0) is 0 Å². The van der Waals surface area contributed by atoms with E-state index in [1.54, 1.807) is 16.2 Å². The van der Waals surface area contributed by atoms with Crippen LogP contribution in [0.25, 0.3) is 0 Å². The Kier molecular flexibility index (Phi) is 6.76. The molecule has 0 N–H and O–H groups in total. The Morgan fingerprint density at radius 1 is 1.15 bits per heavy atom. The maximum absolute atomic E-state index is 12.8. The number of likely N-dealkylation sites (tertiary alicyclic amines) is 2. The Balaban J connectivity index is 1.62. The molecule has 1 atom stereocenters. The highest BCUT2D eigenvalue weighted by Crippen LogP contribution is 2.23. The molecular formula is C20H32N4O2S. The van der Waals surface area contributed by atoms with Gasteiger partial charge in [-0.2, -0.15) is 0 Å². The lowest BCUT2D eigenvalue weighted by atomic mass is 10.1. The van der Waals surface area contributed by atoms with Gasteiger partial charge in [0.15, 0.2) is 0 Å². The number of hydrogen-bond donors (Lipinski definition) is 0. The largest absolute Gasteiger partial charge is 0.336 e. The van der Waals surface area contributed by atoms with Crippen LogP contribution in [0.4, 0.5) is 4.79 Å². The minimum Gasteiger partial charge on any atom is -0.336 e. The van der Waals surface area contributed by atoms with Gasteiger partial charge in [0, 0.05) is 45.2 Å². The van der Waals surface area contributed by atoms with Crippen molar-refractivity contribution in [2.45, 2.75) is 38.6 Å². The molecule has 6 nitrogen and oxygen atoms in total. The normalized spacial score (nSPS) is 20.7. The molecule has 0 spiro atoms. The highest BCUT2D eigenvalue weighted by molar-refractivity contribution is 7.13. The molecule has 1 unspecified atom stereocenters. The predicted octanol–water partition coefficient (Wildman–Crippen LogP) is 2.74. The highest BCUT2D eigenvalue weighted by atomic mass is 32.1. The lowest BCUT2D eigenvalue weighted by Gasteiger charge is -2.34. The Bertz CT molecular complexity index is 654. The number of rotatable bonds is 5. The minimum atomic E-state index is 0.0540. The van der Waals surface area contributed by atoms with E-state index in [1.165, 1.54) is 19.3 Å². The number of amides is 3. The van der Waals surface area contributed by atoms with E-state index in [0.717, 1.165) is 48.9 Å². The van der Waals surface area contributed by atoms with Crippen molar-refractivity contribution < 1.29 is 9.59 Å². The molecule has 2 saturated heterocycles. The van der Waals surface area contributed by atoms with Crippen LogP contribution < -0.4 is 0 Å². The van der Waals surface area contributed by atoms with Crippen molar-refractivity contribution in [1.82, 2.24) is 19.6 Å². The third-order valence-corrected chi connectivity index (χ3v) is 6.57. The third-order valence-electron chi connectivity index (χ3n) is 5.58. The summed E-state index contributed by atoms with van der Waals surface area (Å²) in [7, 11) is 3.62. The molecule has 2 aliphatic heterocycles. The summed E-state index contributed by atoms with van der Waals surface area (Å²) in [6, 6.07) is 4.06. The van der Waals surface area contributed by atoms with E-state index in [-0.39, 0.29) is 18.0 Å². The molecular weight excluding hydrogens is 360 g/mol. The first-order valence-electron chi connectivity index (χ1n) is 10.0. The van der Waals surface area contributed by atoms with Crippen LogP contribution >= 0.6 is 11.3 Å². The number of thiophene rings is 1. The van der Waals surface area contributed by atoms with Crippen LogP contribution in [0.15, 0.2) is 12.1 Å². The lowest BCUT2D eigenvalue weighted by molar-refractivity contribution is 0.0778. The SMILES string of the molecule is Cc1ccc(C(=O)N2CCC(N(CCN3CCCCC3)C(=O)N(C)C)C2)s1. The monoisotopic (exact) mass is 392 g/mol. The molecule has 0 aromatic carbocycles. The second-order valence-corrected chi connectivity index (χ2v) is 9.16. The van der Waals surface area contributed by atoms with Crippen LogP contribution in [0, 0.1) is 6.92 Å². The van der Waals surface area contributed by atoms with E-state index < -0.39 is 0 Å². The Morgan fingerprint density at radius 2 is 1.89 bits per heavy atom. The summed E-state index contributed by atoms with van der Waals surface area (Å²) in [5, 5.41) is 0. The van der Waals surface area contributed by atoms with Gasteiger partial charge in [0.05, 0.1) is 10.9 Å². The van der Waals surface area contributed by atoms with Gasteiger partial charge in [-0.25, -0.2) is 4.79 Å². The van der Waals surface area contributed by atoms with E-state index in [0.29, 0.717) is 6.54 Å². The number of carbonyl (C=O) groups is 2. The maximum Gasteiger partial charge on any atom is 0.319 e. The number of urea groups is 1. The molecule has 3 rings (SSSR count). The summed E-state index contributed by atoms with van der Waals surface area (Å²) in [5.41, 5.74) is 0. The molecule has 1 aromatic heterocycles. The Hall–Kier alpha value is -1.60. The average Bonchev–Trinajstić information content (AvgIpc) is 3.31. The van der Waals surface area contributed by atoms with Gasteiger partial charge in [0.2, 0.25) is 0 Å². The van der Waals surface area contributed by atoms with E-state index in [1.807, 2.05) is 43.0 Å². The Morgan fingerprint density at radius 3 is 2.52 bits per heavy atom. The molecule has 1 aromatic rings. The van der Waals surface area contributed by atoms with Crippen molar-refractivity contribution in [3.63, 3.8) is 0 Å². The summed E-state index contributed by atoms with van der Waals surface area (Å²) in [4.78, 5) is 35.5. The maximum atomic E-state index is 12.8. The molecule has 7 heteroatoms. The van der Waals surface area contributed by atoms with Gasteiger partial charge in [-0.15, -0.1) is 11.3 Å². The fraction of sp³-hybridized carbons (Fsp3) is 0.700. The fourth-order valence-corrected chi connectivity index (χ4v) is 4.84. The molecule has 3 heterocycles. The lowest BCUT2D eigenvalue weighted by Crippen LogP contribution is -2.50. The molecule has 150 valence electrons. The van der Waals surface area contributed by atoms with Crippen molar-refractivity contribution in [2.24, 2.45) is 0 Å². The van der Waals surface area contributed by atoms with Crippen molar-refractivity contribution in [1.29, 1.82) is 0 Å². The smallest absolute Gasteiger partial charge is 0.319 e. The zero-order chi connectivity index (χ0) is 19.4. The van der Waals surface area contributed by atoms with Crippen LogP contribution in [0.5, 0.6) is 0 Å². The summed E-state index contributed by atoms with van der Waals surface area (Å²) >= 11 is 1.55. The fourth-order valence-electron chi connectivity index (χ4n) is 4.01. The third kappa shape index (κ3) is 5.02. The summed E-state index contributed by atoms with van der Waals surface area (Å²) < 4.78 is 0. The first-order chi connectivity index (χ1) is 13.0. The predicted molar refractivity (Wildman–Crippen MR) is 109 cm³/mol. The van der Waals surface area contributed by atoms with Gasteiger partial charge < -0.3 is 19.6 Å². The average molecular weight is 393 g/mol. The molecule has 0 aliphatic carbocycles. The second-order valence-electron chi connectivity index (χ2n) is 7.88. The Labute approximate surface area is 166 Å². The van der Waals surface area contributed by atoms with Gasteiger partial charge in [-0.05, 0) is 51.4 Å². The minimum absolute atomic E-state index is 0.0540. The van der Waals surface area contributed by atoms with Crippen molar-refractivity contribution in [3.8, 4) is 0 Å². The van der Waals surface area contributed by atoms with E-state index in [9.17, 15) is 9.59 Å². The van der Waals surface area contributed by atoms with Crippen LogP contribution in [0.2, 0.25) is 0 Å². The van der Waals surface area contributed by atoms with E-state index in [4.69, 9.17) is 0 Å². The summed E-state index contributed by atoms with van der Waals surface area (Å²) in [6.07, 6.45) is 4.69. The van der Waals surface area contributed by atoms with Crippen LogP contribution in [0.3, 0.4) is 0 Å². The first-order valence-corrected chi connectivity index (χ1v) is 10.8. The van der Waals surface area contributed by atoms with Crippen molar-refractivity contribution >= 4 is 23.3 Å². The number of aryl methyl sites for hydroxylation is 1. The van der Waals surface area contributed by atoms with Crippen LogP contribution in [-0.4, -0.2) is 90.9 Å². The van der Waals surface area contributed by atoms with E-state index >= 15 is 0 Å². The molecule has 2 aliphatic rings. The van der Waals surface area contributed by atoms with Gasteiger partial charge >= 0.3 is 6.03 Å². The second kappa shape index (κ2) is 9.06.